The Kier molecular flexibility index (Phi) is 12.6. The highest BCUT2D eigenvalue weighted by molar-refractivity contribution is 7.93. The zero-order valence-corrected chi connectivity index (χ0v) is 36.5. The number of sulfone groups is 1. The van der Waals surface area contributed by atoms with Crippen LogP contribution in [0.1, 0.15) is 63.5 Å². The largest absolute Gasteiger partial charge is 0.497 e. The summed E-state index contributed by atoms with van der Waals surface area (Å²) in [6, 6.07) is 35.5. The first-order valence-corrected chi connectivity index (χ1v) is 22.2. The molecule has 1 amide bonds. The zero-order chi connectivity index (χ0) is 45.0. The molecular weight excluding hydrogens is 864 g/mol. The first-order chi connectivity index (χ1) is 30.9. The Bertz CT molecular complexity index is 2710. The predicted molar refractivity (Wildman–Crippen MR) is 233 cm³/mol. The van der Waals surface area contributed by atoms with Gasteiger partial charge in [0.1, 0.15) is 51.3 Å². The molecule has 64 heavy (non-hydrogen) atoms. The maximum atomic E-state index is 14.3. The van der Waals surface area contributed by atoms with Crippen molar-refractivity contribution in [3.05, 3.63) is 172 Å². The molecule has 5 aromatic carbocycles. The Morgan fingerprint density at radius 3 is 1.97 bits per heavy atom. The van der Waals surface area contributed by atoms with Crippen LogP contribution in [0.25, 0.3) is 0 Å². The number of fused-ring (bicyclic) bond motifs is 1. The van der Waals surface area contributed by atoms with Crippen LogP contribution in [-0.2, 0) is 53.3 Å². The molecule has 14 nitrogen and oxygen atoms in total. The van der Waals surface area contributed by atoms with Crippen molar-refractivity contribution in [1.29, 1.82) is 0 Å². The molecule has 16 heteroatoms. The number of hydrogen-bond donors (Lipinski definition) is 0. The molecule has 0 aliphatic carbocycles. The van der Waals surface area contributed by atoms with Gasteiger partial charge in [0.15, 0.2) is 33.5 Å². The van der Waals surface area contributed by atoms with Crippen molar-refractivity contribution in [2.75, 3.05) is 20.8 Å². The Morgan fingerprint density at radius 2 is 1.41 bits per heavy atom. The molecule has 2 saturated heterocycles. The van der Waals surface area contributed by atoms with Crippen LogP contribution in [0.5, 0.6) is 23.0 Å². The second-order valence-corrected chi connectivity index (χ2v) is 18.1. The highest BCUT2D eigenvalue weighted by Crippen LogP contribution is 2.52. The van der Waals surface area contributed by atoms with Crippen molar-refractivity contribution in [3.63, 3.8) is 0 Å². The number of carbonyl (C=O) groups excluding carboxylic acids is 3. The number of β-lactam (4-membered cyclic amide) rings is 1. The summed E-state index contributed by atoms with van der Waals surface area (Å²) < 4.78 is 66.5. The molecule has 0 saturated carbocycles. The van der Waals surface area contributed by atoms with Gasteiger partial charge in [-0.15, -0.1) is 0 Å². The van der Waals surface area contributed by atoms with Crippen LogP contribution in [0, 0.1) is 0 Å². The summed E-state index contributed by atoms with van der Waals surface area (Å²) in [5.41, 5.74) is 2.88. The molecule has 0 spiro atoms. The number of esters is 2. The first kappa shape index (κ1) is 43.8. The van der Waals surface area contributed by atoms with Gasteiger partial charge < -0.3 is 37.8 Å². The summed E-state index contributed by atoms with van der Waals surface area (Å²) in [4.78, 5) is 41.9. The van der Waals surface area contributed by atoms with Crippen molar-refractivity contribution in [2.24, 2.45) is 0 Å². The van der Waals surface area contributed by atoms with E-state index in [2.05, 4.69) is 5.16 Å². The highest BCUT2D eigenvalue weighted by atomic mass is 35.5. The lowest BCUT2D eigenvalue weighted by Gasteiger charge is -2.37. The molecule has 330 valence electrons. The van der Waals surface area contributed by atoms with Crippen molar-refractivity contribution in [3.8, 4) is 23.0 Å². The van der Waals surface area contributed by atoms with Crippen molar-refractivity contribution in [1.82, 2.24) is 10.1 Å². The van der Waals surface area contributed by atoms with Gasteiger partial charge in [-0.25, -0.2) is 18.0 Å². The summed E-state index contributed by atoms with van der Waals surface area (Å²) in [7, 11) is -1.09. The fraction of sp³-hybridized carbons (Fsp3) is 0.250. The number of carbonyl (C=O) groups is 3. The second kappa shape index (κ2) is 18.5. The van der Waals surface area contributed by atoms with Gasteiger partial charge in [0.2, 0.25) is 5.91 Å². The van der Waals surface area contributed by atoms with Gasteiger partial charge in [0.25, 0.3) is 0 Å². The topological polar surface area (TPSA) is 170 Å². The quantitative estimate of drug-likeness (QED) is 0.0642. The molecule has 8 rings (SSSR count). The van der Waals surface area contributed by atoms with Gasteiger partial charge in [-0.05, 0) is 65.6 Å². The van der Waals surface area contributed by atoms with Gasteiger partial charge in [-0.2, -0.15) is 0 Å². The van der Waals surface area contributed by atoms with Crippen molar-refractivity contribution in [2.45, 2.75) is 55.2 Å². The lowest BCUT2D eigenvalue weighted by Crippen LogP contribution is -2.57. The minimum absolute atomic E-state index is 0.00544. The molecular formula is C48H43ClN2O12S. The lowest BCUT2D eigenvalue weighted by molar-refractivity contribution is -0.164. The normalized spacial score (nSPS) is 18.5. The van der Waals surface area contributed by atoms with Gasteiger partial charge in [0.05, 0.1) is 32.8 Å². The maximum Gasteiger partial charge on any atom is 0.339 e. The van der Waals surface area contributed by atoms with Gasteiger partial charge >= 0.3 is 11.9 Å². The Morgan fingerprint density at radius 1 is 0.828 bits per heavy atom. The lowest BCUT2D eigenvalue weighted by atomic mass is 9.92. The minimum atomic E-state index is -4.24. The van der Waals surface area contributed by atoms with Gasteiger partial charge in [-0.3, -0.25) is 4.79 Å². The molecule has 2 aliphatic heterocycles. The van der Waals surface area contributed by atoms with Crippen LogP contribution in [0.3, 0.4) is 0 Å². The van der Waals surface area contributed by atoms with E-state index in [1.165, 1.54) is 19.1 Å². The molecule has 2 fully saturated rings. The smallest absolute Gasteiger partial charge is 0.339 e. The predicted octanol–water partition coefficient (Wildman–Crippen LogP) is 7.81. The number of nitrogens with zero attached hydrogens (tertiary/aromatic N) is 2. The SMILES string of the molecule is COc1ccc(COc2ccc(C(=O)OCCc3cc([C@@]4(C)[C@H](C(=O)OC(c5ccccc5)c5ccccc5)N5C(=O)C[C@H]5S4(=O)=O)no3)c(Cl)c2OCc2ccc(OC)cc2)cc1. The molecule has 3 heterocycles. The summed E-state index contributed by atoms with van der Waals surface area (Å²) in [6.07, 6.45) is -1.20. The summed E-state index contributed by atoms with van der Waals surface area (Å²) >= 11 is 6.84. The molecule has 0 unspecified atom stereocenters. The third-order valence-electron chi connectivity index (χ3n) is 11.4. The van der Waals surface area contributed by atoms with Gasteiger partial charge in [0, 0.05) is 12.5 Å². The molecule has 6 aromatic rings. The van der Waals surface area contributed by atoms with Crippen LogP contribution in [0.4, 0.5) is 0 Å². The fourth-order valence-electron chi connectivity index (χ4n) is 7.75. The summed E-state index contributed by atoms with van der Waals surface area (Å²) in [6.45, 7) is 1.39. The zero-order valence-electron chi connectivity index (χ0n) is 35.0. The van der Waals surface area contributed by atoms with E-state index in [9.17, 15) is 22.8 Å². The van der Waals surface area contributed by atoms with Crippen molar-refractivity contribution < 1.29 is 55.7 Å². The second-order valence-electron chi connectivity index (χ2n) is 15.2. The third kappa shape index (κ3) is 8.48. The van der Waals surface area contributed by atoms with E-state index in [4.69, 9.17) is 44.5 Å². The monoisotopic (exact) mass is 906 g/mol. The number of methoxy groups -OCH3 is 2. The highest BCUT2D eigenvalue weighted by Gasteiger charge is 2.72. The maximum absolute atomic E-state index is 14.3. The Hall–Kier alpha value is -6.84. The van der Waals surface area contributed by atoms with E-state index >= 15 is 0 Å². The average Bonchev–Trinajstić information content (AvgIpc) is 3.85. The molecule has 1 aromatic heterocycles. The van der Waals surface area contributed by atoms with E-state index < -0.39 is 49.9 Å². The summed E-state index contributed by atoms with van der Waals surface area (Å²) in [5, 5.41) is 2.82. The standard InChI is InChI=1S/C48H43ClN2O12S/c1-48(45(51-40(52)27-41(51)64(48,55)56)47(54)62-43(32-10-6-4-7-11-32)33-12-8-5-9-13-33)39-26-36(63-50-39)24-25-59-46(53)37-22-23-38(60-28-30-14-18-34(57-2)19-15-30)44(42(37)49)61-29-31-16-20-35(58-3)21-17-31/h4-23,26,41,43,45H,24-25,27-29H2,1-3H3/t41-,45+,48+/m1/s1. The van der Waals surface area contributed by atoms with Crippen LogP contribution in [0.15, 0.2) is 132 Å². The number of benzene rings is 5. The molecule has 0 N–H and O–H groups in total. The number of hydrogen-bond acceptors (Lipinski definition) is 13. The van der Waals surface area contributed by atoms with Crippen LogP contribution in [-0.4, -0.2) is 68.6 Å². The van der Waals surface area contributed by atoms with E-state index in [-0.39, 0.29) is 60.5 Å². The van der Waals surface area contributed by atoms with Crippen molar-refractivity contribution >= 4 is 39.3 Å². The molecule has 0 bridgehead atoms. The van der Waals surface area contributed by atoms with Gasteiger partial charge in [-0.1, -0.05) is 102 Å². The number of rotatable bonds is 17. The van der Waals surface area contributed by atoms with E-state index in [1.54, 1.807) is 80.9 Å². The van der Waals surface area contributed by atoms with E-state index in [1.807, 2.05) is 48.5 Å². The molecule has 0 radical (unpaired) electrons. The number of aromatic nitrogens is 1. The van der Waals surface area contributed by atoms with E-state index in [0.717, 1.165) is 16.0 Å². The van der Waals surface area contributed by atoms with Crippen LogP contribution < -0.4 is 18.9 Å². The number of ether oxygens (including phenoxy) is 6. The minimum Gasteiger partial charge on any atom is -0.497 e. The Labute approximate surface area is 374 Å². The molecule has 3 atom stereocenters. The number of amides is 1. The van der Waals surface area contributed by atoms with Crippen LogP contribution in [0.2, 0.25) is 5.02 Å². The first-order valence-electron chi connectivity index (χ1n) is 20.2. The molecule has 2 aliphatic rings. The average molecular weight is 907 g/mol. The Balaban J connectivity index is 0.985. The number of halogens is 1. The van der Waals surface area contributed by atoms with Crippen LogP contribution >= 0.6 is 11.6 Å². The third-order valence-corrected chi connectivity index (χ3v) is 14.5. The fourth-order valence-corrected chi connectivity index (χ4v) is 10.4. The van der Waals surface area contributed by atoms with E-state index in [0.29, 0.717) is 28.4 Å². The summed E-state index contributed by atoms with van der Waals surface area (Å²) in [5.74, 6) is -0.241.